The van der Waals surface area contributed by atoms with Crippen LogP contribution < -0.4 is 5.32 Å². The van der Waals surface area contributed by atoms with Crippen LogP contribution in [0.3, 0.4) is 0 Å². The van der Waals surface area contributed by atoms with Crippen molar-refractivity contribution in [1.82, 2.24) is 5.32 Å². The summed E-state index contributed by atoms with van der Waals surface area (Å²) in [5.74, 6) is 0. The molecule has 0 unspecified atom stereocenters. The summed E-state index contributed by atoms with van der Waals surface area (Å²) in [6.07, 6.45) is 0. The topological polar surface area (TPSA) is 21.3 Å². The summed E-state index contributed by atoms with van der Waals surface area (Å²) >= 11 is 6.09. The van der Waals surface area contributed by atoms with Gasteiger partial charge in [-0.2, -0.15) is 0 Å². The van der Waals surface area contributed by atoms with E-state index >= 15 is 0 Å². The molecule has 1 aromatic rings. The number of ether oxygens (including phenoxy) is 1. The lowest BCUT2D eigenvalue weighted by molar-refractivity contribution is -0.00924. The van der Waals surface area contributed by atoms with Gasteiger partial charge in [0.15, 0.2) is 0 Å². The van der Waals surface area contributed by atoms with Gasteiger partial charge in [-0.25, -0.2) is 0 Å². The number of hydrogen-bond donors (Lipinski definition) is 1. The molecule has 0 amide bonds. The Balaban J connectivity index is 2.02. The van der Waals surface area contributed by atoms with Crippen LogP contribution in [0.4, 0.5) is 0 Å². The summed E-state index contributed by atoms with van der Waals surface area (Å²) in [7, 11) is 0. The maximum atomic E-state index is 6.09. The van der Waals surface area contributed by atoms with E-state index in [1.54, 1.807) is 0 Å². The maximum Gasteiger partial charge on any atom is 0.0643 e. The van der Waals surface area contributed by atoms with Crippen molar-refractivity contribution in [2.75, 3.05) is 13.2 Å². The molecule has 3 heteroatoms. The van der Waals surface area contributed by atoms with Crippen LogP contribution in [0.5, 0.6) is 0 Å². The van der Waals surface area contributed by atoms with Gasteiger partial charge in [0.1, 0.15) is 0 Å². The molecule has 1 fully saturated rings. The van der Waals surface area contributed by atoms with Crippen molar-refractivity contribution in [2.24, 2.45) is 0 Å². The van der Waals surface area contributed by atoms with Crippen LogP contribution in [0.2, 0.25) is 5.02 Å². The molecule has 14 heavy (non-hydrogen) atoms. The van der Waals surface area contributed by atoms with E-state index in [9.17, 15) is 0 Å². The van der Waals surface area contributed by atoms with Gasteiger partial charge in [-0.3, -0.25) is 0 Å². The Hall–Kier alpha value is -0.570. The summed E-state index contributed by atoms with van der Waals surface area (Å²) in [5, 5.41) is 4.29. The van der Waals surface area contributed by atoms with Gasteiger partial charge < -0.3 is 10.1 Å². The Labute approximate surface area is 89.2 Å². The molecule has 0 radical (unpaired) electrons. The van der Waals surface area contributed by atoms with Crippen LogP contribution in [-0.4, -0.2) is 19.3 Å². The smallest absolute Gasteiger partial charge is 0.0643 e. The Morgan fingerprint density at radius 2 is 2.14 bits per heavy atom. The Bertz CT molecular complexity index is 312. The molecule has 0 aliphatic carbocycles. The van der Waals surface area contributed by atoms with E-state index < -0.39 is 0 Å². The second-order valence-corrected chi connectivity index (χ2v) is 4.05. The van der Waals surface area contributed by atoms with Gasteiger partial charge in [0.2, 0.25) is 0 Å². The summed E-state index contributed by atoms with van der Waals surface area (Å²) in [5.41, 5.74) is 1.15. The average molecular weight is 212 g/mol. The van der Waals surface area contributed by atoms with Crippen LogP contribution in [0.1, 0.15) is 18.5 Å². The minimum absolute atomic E-state index is 0.289. The molecule has 1 aliphatic heterocycles. The quantitative estimate of drug-likeness (QED) is 0.829. The predicted molar refractivity (Wildman–Crippen MR) is 57.6 cm³/mol. The summed E-state index contributed by atoms with van der Waals surface area (Å²) in [6.45, 7) is 3.75. The van der Waals surface area contributed by atoms with Crippen LogP contribution in [0.25, 0.3) is 0 Å². The molecule has 1 N–H and O–H groups in total. The Morgan fingerprint density at radius 3 is 2.71 bits per heavy atom. The highest BCUT2D eigenvalue weighted by Crippen LogP contribution is 2.23. The van der Waals surface area contributed by atoms with Crippen molar-refractivity contribution in [3.63, 3.8) is 0 Å². The molecule has 0 aromatic heterocycles. The van der Waals surface area contributed by atoms with Crippen LogP contribution in [0.15, 0.2) is 24.3 Å². The van der Waals surface area contributed by atoms with Crippen molar-refractivity contribution in [3.05, 3.63) is 34.9 Å². The molecular weight excluding hydrogens is 198 g/mol. The van der Waals surface area contributed by atoms with Gasteiger partial charge in [-0.05, 0) is 18.6 Å². The fourth-order valence-corrected chi connectivity index (χ4v) is 1.90. The van der Waals surface area contributed by atoms with Gasteiger partial charge in [-0.1, -0.05) is 29.8 Å². The standard InChI is InChI=1S/C11H14ClNO/c1-8(13-9-6-14-7-9)10-4-2-3-5-11(10)12/h2-5,8-9,13H,6-7H2,1H3/t8-/m1/s1. The van der Waals surface area contributed by atoms with E-state index in [0.29, 0.717) is 6.04 Å². The van der Waals surface area contributed by atoms with Crippen molar-refractivity contribution in [3.8, 4) is 0 Å². The second-order valence-electron chi connectivity index (χ2n) is 3.64. The Kier molecular flexibility index (Phi) is 3.06. The first-order valence-corrected chi connectivity index (χ1v) is 5.23. The number of nitrogens with one attached hydrogen (secondary N) is 1. The zero-order chi connectivity index (χ0) is 9.97. The van der Waals surface area contributed by atoms with Crippen molar-refractivity contribution < 1.29 is 4.74 Å². The van der Waals surface area contributed by atoms with Crippen LogP contribution in [0, 0.1) is 0 Å². The summed E-state index contributed by atoms with van der Waals surface area (Å²) in [4.78, 5) is 0. The molecule has 1 atom stereocenters. The molecule has 0 saturated carbocycles. The lowest BCUT2D eigenvalue weighted by atomic mass is 10.1. The molecule has 1 saturated heterocycles. The van der Waals surface area contributed by atoms with Crippen LogP contribution in [-0.2, 0) is 4.74 Å². The van der Waals surface area contributed by atoms with Crippen LogP contribution >= 0.6 is 11.6 Å². The minimum Gasteiger partial charge on any atom is -0.378 e. The number of rotatable bonds is 3. The SMILES string of the molecule is C[C@@H](NC1COC1)c1ccccc1Cl. The summed E-state index contributed by atoms with van der Waals surface area (Å²) < 4.78 is 5.11. The van der Waals surface area contributed by atoms with Gasteiger partial charge in [0.25, 0.3) is 0 Å². The largest absolute Gasteiger partial charge is 0.378 e. The van der Waals surface area contributed by atoms with Crippen molar-refractivity contribution in [1.29, 1.82) is 0 Å². The van der Waals surface area contributed by atoms with Crippen molar-refractivity contribution in [2.45, 2.75) is 19.0 Å². The van der Waals surface area contributed by atoms with E-state index in [1.165, 1.54) is 0 Å². The zero-order valence-electron chi connectivity index (χ0n) is 8.16. The third-order valence-corrected chi connectivity index (χ3v) is 2.84. The Morgan fingerprint density at radius 1 is 1.43 bits per heavy atom. The molecular formula is C11H14ClNO. The molecule has 2 nitrogen and oxygen atoms in total. The van der Waals surface area contributed by atoms with E-state index in [4.69, 9.17) is 16.3 Å². The maximum absolute atomic E-state index is 6.09. The minimum atomic E-state index is 0.289. The van der Waals surface area contributed by atoms with E-state index in [-0.39, 0.29) is 6.04 Å². The fourth-order valence-electron chi connectivity index (χ4n) is 1.60. The average Bonchev–Trinajstić information content (AvgIpc) is 2.12. The van der Waals surface area contributed by atoms with E-state index in [1.807, 2.05) is 18.2 Å². The first kappa shape index (κ1) is 9.97. The molecule has 1 aliphatic rings. The number of halogens is 1. The zero-order valence-corrected chi connectivity index (χ0v) is 8.92. The third kappa shape index (κ3) is 2.08. The van der Waals surface area contributed by atoms with Gasteiger partial charge in [0.05, 0.1) is 19.3 Å². The monoisotopic (exact) mass is 211 g/mol. The second kappa shape index (κ2) is 4.30. The highest BCUT2D eigenvalue weighted by atomic mass is 35.5. The normalized spacial score (nSPS) is 19.0. The first-order valence-electron chi connectivity index (χ1n) is 4.85. The van der Waals surface area contributed by atoms with Gasteiger partial charge in [0, 0.05) is 11.1 Å². The van der Waals surface area contributed by atoms with Gasteiger partial charge >= 0.3 is 0 Å². The van der Waals surface area contributed by atoms with Gasteiger partial charge in [-0.15, -0.1) is 0 Å². The molecule has 76 valence electrons. The molecule has 1 heterocycles. The van der Waals surface area contributed by atoms with E-state index in [0.717, 1.165) is 23.8 Å². The highest BCUT2D eigenvalue weighted by Gasteiger charge is 2.21. The lowest BCUT2D eigenvalue weighted by Gasteiger charge is -2.30. The van der Waals surface area contributed by atoms with Crippen molar-refractivity contribution >= 4 is 11.6 Å². The van der Waals surface area contributed by atoms with E-state index in [2.05, 4.69) is 18.3 Å². The molecule has 0 bridgehead atoms. The first-order chi connectivity index (χ1) is 6.77. The fraction of sp³-hybridized carbons (Fsp3) is 0.455. The summed E-state index contributed by atoms with van der Waals surface area (Å²) in [6, 6.07) is 8.71. The highest BCUT2D eigenvalue weighted by molar-refractivity contribution is 6.31. The molecule has 2 rings (SSSR count). The number of benzene rings is 1. The molecule has 0 spiro atoms. The predicted octanol–water partition coefficient (Wildman–Crippen LogP) is 2.39. The molecule has 1 aromatic carbocycles. The lowest BCUT2D eigenvalue weighted by Crippen LogP contribution is -2.46. The third-order valence-electron chi connectivity index (χ3n) is 2.50. The number of hydrogen-bond acceptors (Lipinski definition) is 2.